The van der Waals surface area contributed by atoms with Crippen LogP contribution in [0.4, 0.5) is 13.2 Å². The smallest absolute Gasteiger partial charge is 0.453 e. The van der Waals surface area contributed by atoms with E-state index in [0.717, 1.165) is 29.9 Å². The number of alkyl halides is 3. The largest absolute Gasteiger partial charge is 0.496 e. The number of aromatic nitrogens is 4. The van der Waals surface area contributed by atoms with Crippen molar-refractivity contribution in [2.75, 3.05) is 33.8 Å². The highest BCUT2D eigenvalue weighted by atomic mass is 19.4. The van der Waals surface area contributed by atoms with Crippen molar-refractivity contribution in [2.45, 2.75) is 24.7 Å². The van der Waals surface area contributed by atoms with Crippen LogP contribution >= 0.6 is 0 Å². The van der Waals surface area contributed by atoms with Gasteiger partial charge in [0.25, 0.3) is 5.82 Å². The first kappa shape index (κ1) is 25.9. The highest BCUT2D eigenvalue weighted by Gasteiger charge is 2.39. The number of piperazine rings is 1. The van der Waals surface area contributed by atoms with Gasteiger partial charge in [0.1, 0.15) is 5.75 Å². The maximum atomic E-state index is 13.4. The minimum atomic E-state index is -4.67. The molecular weight excluding hydrogens is 493 g/mol. The van der Waals surface area contributed by atoms with E-state index in [0.29, 0.717) is 12.3 Å². The second kappa shape index (κ2) is 10.9. The standard InChI is InChI=1S/C28H29F3N6O/c1-35-15-16-36(19-24(35)26(20-9-5-3-6-10-20)21-11-7-4-8-12-21)18-22-17-23(13-14-25(22)38-2)37-27(28(29,30)31)32-33-34-37/h3-14,17,24,26H,15-16,18-19H2,1-2H3. The van der Waals surface area contributed by atoms with Crippen LogP contribution in [0.2, 0.25) is 0 Å². The van der Waals surface area contributed by atoms with Gasteiger partial charge in [-0.1, -0.05) is 60.7 Å². The Hall–Kier alpha value is -3.76. The molecule has 10 heteroatoms. The molecule has 0 N–H and O–H groups in total. The molecule has 3 aromatic carbocycles. The fraction of sp³-hybridized carbons (Fsp3) is 0.321. The molecule has 38 heavy (non-hydrogen) atoms. The Morgan fingerprint density at radius 2 is 1.61 bits per heavy atom. The number of rotatable bonds is 7. The number of ether oxygens (including phenoxy) is 1. The van der Waals surface area contributed by atoms with E-state index in [9.17, 15) is 13.2 Å². The summed E-state index contributed by atoms with van der Waals surface area (Å²) in [5, 5.41) is 10.0. The van der Waals surface area contributed by atoms with E-state index >= 15 is 0 Å². The van der Waals surface area contributed by atoms with Gasteiger partial charge in [0.05, 0.1) is 12.8 Å². The van der Waals surface area contributed by atoms with Crippen molar-refractivity contribution in [2.24, 2.45) is 0 Å². The van der Waals surface area contributed by atoms with E-state index in [2.05, 4.69) is 80.9 Å². The van der Waals surface area contributed by atoms with Crippen molar-refractivity contribution in [3.05, 3.63) is 101 Å². The lowest BCUT2D eigenvalue weighted by Crippen LogP contribution is -2.53. The first-order valence-electron chi connectivity index (χ1n) is 12.4. The summed E-state index contributed by atoms with van der Waals surface area (Å²) in [7, 11) is 3.71. The molecule has 5 rings (SSSR count). The number of halogens is 3. The van der Waals surface area contributed by atoms with Crippen LogP contribution in [0.25, 0.3) is 5.69 Å². The third kappa shape index (κ3) is 5.41. The number of hydrogen-bond donors (Lipinski definition) is 0. The number of likely N-dealkylation sites (N-methyl/N-ethyl adjacent to an activating group) is 1. The van der Waals surface area contributed by atoms with Gasteiger partial charge in [0.15, 0.2) is 0 Å². The average Bonchev–Trinajstić information content (AvgIpc) is 3.43. The molecule has 1 fully saturated rings. The Labute approximate surface area is 219 Å². The third-order valence-corrected chi connectivity index (χ3v) is 7.11. The van der Waals surface area contributed by atoms with Gasteiger partial charge in [0, 0.05) is 43.7 Å². The highest BCUT2D eigenvalue weighted by Crippen LogP contribution is 2.34. The van der Waals surface area contributed by atoms with Crippen molar-refractivity contribution in [1.29, 1.82) is 0 Å². The fourth-order valence-electron chi connectivity index (χ4n) is 5.22. The van der Waals surface area contributed by atoms with E-state index in [-0.39, 0.29) is 17.6 Å². The van der Waals surface area contributed by atoms with Crippen LogP contribution < -0.4 is 4.74 Å². The minimum absolute atomic E-state index is 0.161. The van der Waals surface area contributed by atoms with Gasteiger partial charge < -0.3 is 4.74 Å². The van der Waals surface area contributed by atoms with E-state index < -0.39 is 12.0 Å². The third-order valence-electron chi connectivity index (χ3n) is 7.11. The van der Waals surface area contributed by atoms with E-state index in [1.807, 2.05) is 12.1 Å². The fourth-order valence-corrected chi connectivity index (χ4v) is 5.22. The van der Waals surface area contributed by atoms with Gasteiger partial charge in [-0.05, 0) is 46.8 Å². The molecule has 2 heterocycles. The normalized spacial score (nSPS) is 17.2. The van der Waals surface area contributed by atoms with Gasteiger partial charge >= 0.3 is 6.18 Å². The summed E-state index contributed by atoms with van der Waals surface area (Å²) in [6.07, 6.45) is -4.67. The number of benzene rings is 3. The Morgan fingerprint density at radius 1 is 0.947 bits per heavy atom. The molecule has 1 aliphatic heterocycles. The van der Waals surface area contributed by atoms with Crippen LogP contribution in [0, 0.1) is 0 Å². The topological polar surface area (TPSA) is 59.3 Å². The summed E-state index contributed by atoms with van der Waals surface area (Å²) in [4.78, 5) is 4.72. The summed E-state index contributed by atoms with van der Waals surface area (Å²) < 4.78 is 46.6. The number of hydrogen-bond acceptors (Lipinski definition) is 6. The molecule has 0 bridgehead atoms. The molecule has 1 atom stereocenters. The predicted octanol–water partition coefficient (Wildman–Crippen LogP) is 4.64. The molecule has 0 spiro atoms. The molecule has 1 unspecified atom stereocenters. The van der Waals surface area contributed by atoms with Crippen LogP contribution in [0.5, 0.6) is 5.75 Å². The van der Waals surface area contributed by atoms with Crippen LogP contribution in [0.1, 0.15) is 28.4 Å². The predicted molar refractivity (Wildman–Crippen MR) is 137 cm³/mol. The van der Waals surface area contributed by atoms with Crippen molar-refractivity contribution < 1.29 is 17.9 Å². The van der Waals surface area contributed by atoms with E-state index in [1.165, 1.54) is 17.2 Å². The highest BCUT2D eigenvalue weighted by molar-refractivity contribution is 5.44. The molecule has 0 aliphatic carbocycles. The Balaban J connectivity index is 1.44. The first-order valence-corrected chi connectivity index (χ1v) is 12.4. The van der Waals surface area contributed by atoms with Crippen molar-refractivity contribution >= 4 is 0 Å². The Bertz CT molecular complexity index is 1310. The molecule has 0 amide bonds. The van der Waals surface area contributed by atoms with Crippen LogP contribution in [0.3, 0.4) is 0 Å². The Morgan fingerprint density at radius 3 is 2.21 bits per heavy atom. The average molecular weight is 523 g/mol. The molecule has 198 valence electrons. The molecule has 0 saturated carbocycles. The van der Waals surface area contributed by atoms with Gasteiger partial charge in [-0.3, -0.25) is 9.80 Å². The zero-order valence-corrected chi connectivity index (χ0v) is 21.2. The summed E-state index contributed by atoms with van der Waals surface area (Å²) in [5.41, 5.74) is 3.49. The lowest BCUT2D eigenvalue weighted by Gasteiger charge is -2.43. The molecule has 7 nitrogen and oxygen atoms in total. The number of nitrogens with zero attached hydrogens (tertiary/aromatic N) is 6. The summed E-state index contributed by atoms with van der Waals surface area (Å²) >= 11 is 0. The molecule has 1 saturated heterocycles. The van der Waals surface area contributed by atoms with E-state index in [1.54, 1.807) is 19.2 Å². The van der Waals surface area contributed by atoms with Gasteiger partial charge in [-0.2, -0.15) is 17.9 Å². The minimum Gasteiger partial charge on any atom is -0.496 e. The Kier molecular flexibility index (Phi) is 7.44. The SMILES string of the molecule is COc1ccc(-n2nnnc2C(F)(F)F)cc1CN1CCN(C)C(C(c2ccccc2)c2ccccc2)C1. The molecule has 4 aromatic rings. The summed E-state index contributed by atoms with van der Waals surface area (Å²) in [6.45, 7) is 2.96. The van der Waals surface area contributed by atoms with Crippen LogP contribution in [-0.2, 0) is 12.7 Å². The maximum absolute atomic E-state index is 13.4. The van der Waals surface area contributed by atoms with Crippen molar-refractivity contribution in [1.82, 2.24) is 30.0 Å². The van der Waals surface area contributed by atoms with E-state index in [4.69, 9.17) is 4.74 Å². The second-order valence-corrected chi connectivity index (χ2v) is 9.49. The van der Waals surface area contributed by atoms with Crippen LogP contribution in [-0.4, -0.2) is 69.8 Å². The molecule has 1 aliphatic rings. The van der Waals surface area contributed by atoms with Crippen LogP contribution in [0.15, 0.2) is 78.9 Å². The zero-order chi connectivity index (χ0) is 26.7. The second-order valence-electron chi connectivity index (χ2n) is 9.49. The lowest BCUT2D eigenvalue weighted by atomic mass is 9.83. The van der Waals surface area contributed by atoms with Crippen molar-refractivity contribution in [3.63, 3.8) is 0 Å². The van der Waals surface area contributed by atoms with Crippen molar-refractivity contribution in [3.8, 4) is 11.4 Å². The summed E-state index contributed by atoms with van der Waals surface area (Å²) in [6, 6.07) is 26.0. The molecule has 0 radical (unpaired) electrons. The van der Waals surface area contributed by atoms with Gasteiger partial charge in [-0.25, -0.2) is 0 Å². The number of tetrazole rings is 1. The monoisotopic (exact) mass is 522 g/mol. The van der Waals surface area contributed by atoms with Gasteiger partial charge in [0.2, 0.25) is 0 Å². The quantitative estimate of drug-likeness (QED) is 0.353. The van der Waals surface area contributed by atoms with Gasteiger partial charge in [-0.15, -0.1) is 5.10 Å². The molecular formula is C28H29F3N6O. The maximum Gasteiger partial charge on any atom is 0.453 e. The first-order chi connectivity index (χ1) is 18.3. The molecule has 1 aromatic heterocycles. The zero-order valence-electron chi connectivity index (χ0n) is 21.2. The number of methoxy groups -OCH3 is 1. The lowest BCUT2D eigenvalue weighted by molar-refractivity contribution is -0.146. The summed E-state index contributed by atoms with van der Waals surface area (Å²) in [5.74, 6) is -0.399.